The molecule has 0 saturated carbocycles. The van der Waals surface area contributed by atoms with Crippen molar-refractivity contribution >= 4 is 11.9 Å². The lowest BCUT2D eigenvalue weighted by molar-refractivity contribution is -0.137. The first-order valence-electron chi connectivity index (χ1n) is 12.0. The maximum atomic E-state index is 12.5. The van der Waals surface area contributed by atoms with Crippen molar-refractivity contribution in [2.45, 2.75) is 120 Å². The zero-order chi connectivity index (χ0) is 23.5. The van der Waals surface area contributed by atoms with E-state index in [1.165, 1.54) is 0 Å². The Balaban J connectivity index is 6.36. The second kappa shape index (κ2) is 13.2. The minimum absolute atomic E-state index is 0.141. The van der Waals surface area contributed by atoms with E-state index in [4.69, 9.17) is 0 Å². The maximum absolute atomic E-state index is 12.5. The molecule has 2 N–H and O–H groups in total. The van der Waals surface area contributed by atoms with Crippen LogP contribution in [0.1, 0.15) is 120 Å². The molecule has 30 heavy (non-hydrogen) atoms. The lowest BCUT2D eigenvalue weighted by Gasteiger charge is -2.37. The first-order chi connectivity index (χ1) is 13.8. The minimum atomic E-state index is -1.06. The van der Waals surface area contributed by atoms with Crippen LogP contribution in [0.4, 0.5) is 0 Å². The van der Waals surface area contributed by atoms with E-state index in [1.54, 1.807) is 0 Å². The number of carbonyl (C=O) groups is 2. The summed E-state index contributed by atoms with van der Waals surface area (Å²) in [5.74, 6) is -2.69. The summed E-state index contributed by atoms with van der Waals surface area (Å²) in [5.41, 5.74) is -0.347. The van der Waals surface area contributed by atoms with Gasteiger partial charge in [-0.25, -0.2) is 9.59 Å². The Morgan fingerprint density at radius 3 is 1.10 bits per heavy atom. The molecule has 0 amide bonds. The highest BCUT2D eigenvalue weighted by Gasteiger charge is 2.40. The van der Waals surface area contributed by atoms with Crippen molar-refractivity contribution in [2.75, 3.05) is 0 Å². The zero-order valence-corrected chi connectivity index (χ0v) is 20.9. The molecule has 176 valence electrons. The smallest absolute Gasteiger partial charge is 0.332 e. The Morgan fingerprint density at radius 1 is 0.600 bits per heavy atom. The number of hydrogen-bond donors (Lipinski definition) is 2. The molecule has 0 aliphatic heterocycles. The third-order valence-corrected chi connectivity index (χ3v) is 6.23. The molecule has 0 radical (unpaired) electrons. The van der Waals surface area contributed by atoms with Crippen LogP contribution < -0.4 is 0 Å². The third-order valence-electron chi connectivity index (χ3n) is 6.23. The predicted octanol–water partition coefficient (Wildman–Crippen LogP) is 7.72. The second-order valence-corrected chi connectivity index (χ2v) is 11.0. The largest absolute Gasteiger partial charge is 0.478 e. The van der Waals surface area contributed by atoms with Gasteiger partial charge in [-0.1, -0.05) is 107 Å². The molecule has 0 aliphatic carbocycles. The molecule has 0 fully saturated rings. The Morgan fingerprint density at radius 2 is 0.900 bits per heavy atom. The van der Waals surface area contributed by atoms with Crippen LogP contribution in [0.2, 0.25) is 0 Å². The van der Waals surface area contributed by atoms with Crippen molar-refractivity contribution in [2.24, 2.45) is 22.7 Å². The lowest BCUT2D eigenvalue weighted by Crippen LogP contribution is -2.34. The van der Waals surface area contributed by atoms with E-state index in [1.807, 2.05) is 41.5 Å². The van der Waals surface area contributed by atoms with Gasteiger partial charge < -0.3 is 10.2 Å². The normalized spacial score (nSPS) is 15.5. The molecule has 0 aromatic heterocycles. The summed E-state index contributed by atoms with van der Waals surface area (Å²) >= 11 is 0. The molecule has 0 bridgehead atoms. The highest BCUT2D eigenvalue weighted by Crippen LogP contribution is 2.44. The Hall–Kier alpha value is -1.32. The molecule has 2 unspecified atom stereocenters. The SMILES string of the molecule is CCCCCCC(/C(C(=O)O)=C(/C(=O)O)C(CCCCCC)C(C)(C)C)C(C)(C)C. The van der Waals surface area contributed by atoms with E-state index < -0.39 is 11.9 Å². The van der Waals surface area contributed by atoms with Crippen LogP contribution >= 0.6 is 0 Å². The van der Waals surface area contributed by atoms with Gasteiger partial charge in [-0.3, -0.25) is 0 Å². The fourth-order valence-electron chi connectivity index (χ4n) is 4.48. The van der Waals surface area contributed by atoms with E-state index in [0.717, 1.165) is 51.4 Å². The number of carboxylic acids is 2. The van der Waals surface area contributed by atoms with Crippen LogP contribution in [0.15, 0.2) is 11.1 Å². The van der Waals surface area contributed by atoms with Gasteiger partial charge in [-0.15, -0.1) is 0 Å². The molecule has 0 aromatic carbocycles. The summed E-state index contributed by atoms with van der Waals surface area (Å²) in [6.45, 7) is 16.5. The fourth-order valence-corrected chi connectivity index (χ4v) is 4.48. The highest BCUT2D eigenvalue weighted by atomic mass is 16.4. The van der Waals surface area contributed by atoms with Crippen molar-refractivity contribution in [1.82, 2.24) is 0 Å². The van der Waals surface area contributed by atoms with Crippen molar-refractivity contribution < 1.29 is 19.8 Å². The van der Waals surface area contributed by atoms with Gasteiger partial charge in [0.15, 0.2) is 0 Å². The van der Waals surface area contributed by atoms with Gasteiger partial charge in [-0.2, -0.15) is 0 Å². The molecule has 0 saturated heterocycles. The molecular weight excluding hydrogens is 376 g/mol. The van der Waals surface area contributed by atoms with Gasteiger partial charge in [0.25, 0.3) is 0 Å². The molecule has 0 rings (SSSR count). The zero-order valence-electron chi connectivity index (χ0n) is 20.9. The second-order valence-electron chi connectivity index (χ2n) is 11.0. The quantitative estimate of drug-likeness (QED) is 0.221. The van der Waals surface area contributed by atoms with Gasteiger partial charge in [0, 0.05) is 0 Å². The van der Waals surface area contributed by atoms with E-state index in [-0.39, 0.29) is 33.8 Å². The molecule has 0 heterocycles. The molecular formula is C26H48O4. The van der Waals surface area contributed by atoms with Gasteiger partial charge in [0.2, 0.25) is 0 Å². The van der Waals surface area contributed by atoms with Gasteiger partial charge in [0.05, 0.1) is 11.1 Å². The Kier molecular flexibility index (Phi) is 12.6. The van der Waals surface area contributed by atoms with Crippen LogP contribution in [0.25, 0.3) is 0 Å². The predicted molar refractivity (Wildman–Crippen MR) is 126 cm³/mol. The summed E-state index contributed by atoms with van der Waals surface area (Å²) in [5, 5.41) is 20.5. The average Bonchev–Trinajstić information content (AvgIpc) is 2.59. The number of rotatable bonds is 14. The van der Waals surface area contributed by atoms with E-state index in [0.29, 0.717) is 12.8 Å². The number of carboxylic acid groups (broad SMARTS) is 2. The fraction of sp³-hybridized carbons (Fsp3) is 0.846. The summed E-state index contributed by atoms with van der Waals surface area (Å²) < 4.78 is 0. The Labute approximate surface area is 185 Å². The monoisotopic (exact) mass is 424 g/mol. The van der Waals surface area contributed by atoms with Crippen LogP contribution in [-0.2, 0) is 9.59 Å². The van der Waals surface area contributed by atoms with Crippen molar-refractivity contribution in [3.05, 3.63) is 11.1 Å². The average molecular weight is 425 g/mol. The number of aliphatic carboxylic acids is 2. The molecule has 0 spiro atoms. The molecule has 4 nitrogen and oxygen atoms in total. The van der Waals surface area contributed by atoms with Gasteiger partial charge in [-0.05, 0) is 35.5 Å². The highest BCUT2D eigenvalue weighted by molar-refractivity contribution is 5.99. The third kappa shape index (κ3) is 9.66. The molecule has 0 aromatic rings. The van der Waals surface area contributed by atoms with Crippen LogP contribution in [0.5, 0.6) is 0 Å². The molecule has 2 atom stereocenters. The van der Waals surface area contributed by atoms with Gasteiger partial charge in [0.1, 0.15) is 0 Å². The van der Waals surface area contributed by atoms with E-state index in [9.17, 15) is 19.8 Å². The maximum Gasteiger partial charge on any atom is 0.332 e. The van der Waals surface area contributed by atoms with Crippen LogP contribution in [0, 0.1) is 22.7 Å². The topological polar surface area (TPSA) is 74.6 Å². The molecule has 0 aliphatic rings. The van der Waals surface area contributed by atoms with E-state index >= 15 is 0 Å². The summed E-state index contributed by atoms with van der Waals surface area (Å²) in [7, 11) is 0. The van der Waals surface area contributed by atoms with Crippen molar-refractivity contribution in [3.8, 4) is 0 Å². The first kappa shape index (κ1) is 28.7. The van der Waals surface area contributed by atoms with Crippen LogP contribution in [-0.4, -0.2) is 22.2 Å². The molecule has 4 heteroatoms. The Bertz CT molecular complexity index is 511. The minimum Gasteiger partial charge on any atom is -0.478 e. The van der Waals surface area contributed by atoms with Crippen LogP contribution in [0.3, 0.4) is 0 Å². The van der Waals surface area contributed by atoms with Crippen molar-refractivity contribution in [1.29, 1.82) is 0 Å². The number of unbranched alkanes of at least 4 members (excludes halogenated alkanes) is 6. The lowest BCUT2D eigenvalue weighted by atomic mass is 9.66. The van der Waals surface area contributed by atoms with E-state index in [2.05, 4.69) is 13.8 Å². The standard InChI is InChI=1S/C26H48O4/c1-9-11-13-15-17-19(25(3,4)5)21(23(27)28)22(24(29)30)20(26(6,7)8)18-16-14-12-10-2/h19-20H,9-18H2,1-8H3,(H,27,28)(H,29,30)/b22-21-. The number of hydrogen-bond acceptors (Lipinski definition) is 2. The summed E-state index contributed by atoms with van der Waals surface area (Å²) in [6.07, 6.45) is 9.87. The summed E-state index contributed by atoms with van der Waals surface area (Å²) in [4.78, 5) is 25.0. The van der Waals surface area contributed by atoms with Gasteiger partial charge >= 0.3 is 11.9 Å². The van der Waals surface area contributed by atoms with Crippen molar-refractivity contribution in [3.63, 3.8) is 0 Å². The summed E-state index contributed by atoms with van der Waals surface area (Å²) in [6, 6.07) is 0. The first-order valence-corrected chi connectivity index (χ1v) is 12.0.